The van der Waals surface area contributed by atoms with E-state index in [1.807, 2.05) is 48.0 Å². The molecule has 116 valence electrons. The summed E-state index contributed by atoms with van der Waals surface area (Å²) in [5, 5.41) is 3.04. The van der Waals surface area contributed by atoms with Crippen LogP contribution in [0.4, 0.5) is 4.79 Å². The highest BCUT2D eigenvalue weighted by Gasteiger charge is 2.30. The Balaban J connectivity index is 1.59. The van der Waals surface area contributed by atoms with E-state index < -0.39 is 0 Å². The van der Waals surface area contributed by atoms with Crippen LogP contribution >= 0.6 is 0 Å². The second-order valence-corrected chi connectivity index (χ2v) is 5.79. The number of nitrogens with zero attached hydrogens (tertiary/aromatic N) is 4. The highest BCUT2D eigenvalue weighted by Crippen LogP contribution is 2.25. The molecule has 3 heterocycles. The van der Waals surface area contributed by atoms with Crippen LogP contribution in [0.5, 0.6) is 0 Å². The maximum Gasteiger partial charge on any atom is 0.317 e. The maximum absolute atomic E-state index is 12.4. The van der Waals surface area contributed by atoms with Gasteiger partial charge >= 0.3 is 6.03 Å². The molecule has 1 aliphatic heterocycles. The van der Waals surface area contributed by atoms with Gasteiger partial charge in [-0.3, -0.25) is 4.98 Å². The number of likely N-dealkylation sites (tertiary alicyclic amines) is 1. The average Bonchev–Trinajstić information content (AvgIpc) is 3.16. The van der Waals surface area contributed by atoms with Gasteiger partial charge in [0.15, 0.2) is 0 Å². The molecule has 2 atom stereocenters. The number of pyridine rings is 1. The molecule has 1 aliphatic rings. The van der Waals surface area contributed by atoms with Crippen LogP contribution < -0.4 is 5.32 Å². The fourth-order valence-corrected chi connectivity index (χ4v) is 2.92. The van der Waals surface area contributed by atoms with E-state index in [2.05, 4.69) is 15.3 Å². The SMILES string of the molecule is CC(NC(=O)N1CCC(c2nccn2C)C1)c1cccnc1. The second-order valence-electron chi connectivity index (χ2n) is 5.79. The Bertz CT molecular complexity index is 639. The zero-order valence-electron chi connectivity index (χ0n) is 12.9. The Labute approximate surface area is 130 Å². The summed E-state index contributed by atoms with van der Waals surface area (Å²) in [6, 6.07) is 3.78. The molecule has 22 heavy (non-hydrogen) atoms. The van der Waals surface area contributed by atoms with E-state index in [0.29, 0.717) is 5.92 Å². The van der Waals surface area contributed by atoms with Crippen LogP contribution in [0.2, 0.25) is 0 Å². The quantitative estimate of drug-likeness (QED) is 0.943. The summed E-state index contributed by atoms with van der Waals surface area (Å²) in [7, 11) is 2.00. The minimum absolute atomic E-state index is 0.0203. The van der Waals surface area contributed by atoms with Gasteiger partial charge in [0.25, 0.3) is 0 Å². The van der Waals surface area contributed by atoms with Crippen LogP contribution in [-0.2, 0) is 7.05 Å². The molecule has 2 aromatic rings. The van der Waals surface area contributed by atoms with Crippen LogP contribution in [0.1, 0.15) is 36.7 Å². The minimum Gasteiger partial charge on any atom is -0.338 e. The van der Waals surface area contributed by atoms with Gasteiger partial charge < -0.3 is 14.8 Å². The van der Waals surface area contributed by atoms with Crippen molar-refractivity contribution in [2.75, 3.05) is 13.1 Å². The van der Waals surface area contributed by atoms with Gasteiger partial charge in [0.05, 0.1) is 6.04 Å². The predicted octanol–water partition coefficient (Wildman–Crippen LogP) is 2.08. The van der Waals surface area contributed by atoms with Crippen LogP contribution in [0.3, 0.4) is 0 Å². The van der Waals surface area contributed by atoms with Gasteiger partial charge in [0, 0.05) is 50.8 Å². The Morgan fingerprint density at radius 3 is 3.00 bits per heavy atom. The standard InChI is InChI=1S/C16H21N5O/c1-12(13-4-3-6-17-10-13)19-16(22)21-8-5-14(11-21)15-18-7-9-20(15)2/h3-4,6-7,9-10,12,14H,5,8,11H2,1-2H3,(H,19,22). The van der Waals surface area contributed by atoms with Crippen LogP contribution in [0.15, 0.2) is 36.9 Å². The van der Waals surface area contributed by atoms with Crippen molar-refractivity contribution in [1.29, 1.82) is 0 Å². The van der Waals surface area contributed by atoms with E-state index in [1.54, 1.807) is 12.4 Å². The van der Waals surface area contributed by atoms with Gasteiger partial charge in [0.2, 0.25) is 0 Å². The molecule has 1 N–H and O–H groups in total. The normalized spacial score (nSPS) is 19.2. The summed E-state index contributed by atoms with van der Waals surface area (Å²) in [5.74, 6) is 1.37. The molecular formula is C16H21N5O. The van der Waals surface area contributed by atoms with Crippen LogP contribution in [0.25, 0.3) is 0 Å². The first-order chi connectivity index (χ1) is 10.6. The molecule has 2 unspecified atom stereocenters. The number of hydrogen-bond donors (Lipinski definition) is 1. The molecule has 6 heteroatoms. The van der Waals surface area contributed by atoms with Crippen molar-refractivity contribution in [2.45, 2.75) is 25.3 Å². The topological polar surface area (TPSA) is 63.1 Å². The Morgan fingerprint density at radius 2 is 2.32 bits per heavy atom. The molecule has 2 amide bonds. The predicted molar refractivity (Wildman–Crippen MR) is 83.3 cm³/mol. The van der Waals surface area contributed by atoms with E-state index >= 15 is 0 Å². The number of carbonyl (C=O) groups excluding carboxylic acids is 1. The largest absolute Gasteiger partial charge is 0.338 e. The molecule has 0 spiro atoms. The number of aryl methyl sites for hydroxylation is 1. The summed E-state index contributed by atoms with van der Waals surface area (Å²) in [4.78, 5) is 22.8. The molecule has 0 aliphatic carbocycles. The van der Waals surface area contributed by atoms with E-state index in [9.17, 15) is 4.79 Å². The third-order valence-electron chi connectivity index (χ3n) is 4.22. The molecule has 1 fully saturated rings. The molecule has 0 saturated carbocycles. The summed E-state index contributed by atoms with van der Waals surface area (Å²) in [6.45, 7) is 3.46. The van der Waals surface area contributed by atoms with Crippen LogP contribution in [0, 0.1) is 0 Å². The monoisotopic (exact) mass is 299 g/mol. The summed E-state index contributed by atoms with van der Waals surface area (Å²) < 4.78 is 2.03. The second kappa shape index (κ2) is 6.17. The van der Waals surface area contributed by atoms with Gasteiger partial charge in [-0.1, -0.05) is 6.07 Å². The lowest BCUT2D eigenvalue weighted by atomic mass is 10.1. The molecule has 0 bridgehead atoms. The number of rotatable bonds is 3. The molecule has 2 aromatic heterocycles. The smallest absolute Gasteiger partial charge is 0.317 e. The molecular weight excluding hydrogens is 278 g/mol. The van der Waals surface area contributed by atoms with E-state index in [0.717, 1.165) is 30.9 Å². The van der Waals surface area contributed by atoms with Crippen molar-refractivity contribution < 1.29 is 4.79 Å². The Hall–Kier alpha value is -2.37. The lowest BCUT2D eigenvalue weighted by Gasteiger charge is -2.21. The molecule has 0 aromatic carbocycles. The summed E-state index contributed by atoms with van der Waals surface area (Å²) >= 11 is 0. The minimum atomic E-state index is -0.0478. The first kappa shape index (κ1) is 14.6. The van der Waals surface area contributed by atoms with Gasteiger partial charge in [-0.2, -0.15) is 0 Å². The number of hydrogen-bond acceptors (Lipinski definition) is 3. The lowest BCUT2D eigenvalue weighted by Crippen LogP contribution is -2.39. The number of amides is 2. The first-order valence-corrected chi connectivity index (χ1v) is 7.57. The van der Waals surface area contributed by atoms with Crippen LogP contribution in [-0.4, -0.2) is 38.6 Å². The molecule has 1 saturated heterocycles. The van der Waals surface area contributed by atoms with Gasteiger partial charge in [-0.15, -0.1) is 0 Å². The number of carbonyl (C=O) groups is 1. The number of aromatic nitrogens is 3. The first-order valence-electron chi connectivity index (χ1n) is 7.57. The Kier molecular flexibility index (Phi) is 4.09. The van der Waals surface area contributed by atoms with Crippen molar-refractivity contribution in [3.63, 3.8) is 0 Å². The van der Waals surface area contributed by atoms with Crippen molar-refractivity contribution in [3.05, 3.63) is 48.3 Å². The number of urea groups is 1. The maximum atomic E-state index is 12.4. The lowest BCUT2D eigenvalue weighted by molar-refractivity contribution is 0.204. The number of imidazole rings is 1. The van der Waals surface area contributed by atoms with E-state index in [-0.39, 0.29) is 12.1 Å². The highest BCUT2D eigenvalue weighted by atomic mass is 16.2. The third-order valence-corrected chi connectivity index (χ3v) is 4.22. The van der Waals surface area contributed by atoms with E-state index in [1.165, 1.54) is 0 Å². The highest BCUT2D eigenvalue weighted by molar-refractivity contribution is 5.75. The van der Waals surface area contributed by atoms with Crippen molar-refractivity contribution >= 4 is 6.03 Å². The zero-order valence-corrected chi connectivity index (χ0v) is 12.9. The Morgan fingerprint density at radius 1 is 1.45 bits per heavy atom. The fourth-order valence-electron chi connectivity index (χ4n) is 2.92. The molecule has 3 rings (SSSR count). The van der Waals surface area contributed by atoms with E-state index in [4.69, 9.17) is 0 Å². The van der Waals surface area contributed by atoms with Gasteiger partial charge in [0.1, 0.15) is 5.82 Å². The number of nitrogens with one attached hydrogen (secondary N) is 1. The zero-order chi connectivity index (χ0) is 15.5. The third kappa shape index (κ3) is 2.95. The van der Waals surface area contributed by atoms with Crippen molar-refractivity contribution in [1.82, 2.24) is 24.8 Å². The van der Waals surface area contributed by atoms with Gasteiger partial charge in [-0.05, 0) is 25.0 Å². The average molecular weight is 299 g/mol. The summed E-state index contributed by atoms with van der Waals surface area (Å²) in [5.41, 5.74) is 1.01. The summed E-state index contributed by atoms with van der Waals surface area (Å²) in [6.07, 6.45) is 8.23. The van der Waals surface area contributed by atoms with Gasteiger partial charge in [-0.25, -0.2) is 9.78 Å². The van der Waals surface area contributed by atoms with Crippen molar-refractivity contribution in [3.8, 4) is 0 Å². The molecule has 0 radical (unpaired) electrons. The fraction of sp³-hybridized carbons (Fsp3) is 0.438. The molecule has 6 nitrogen and oxygen atoms in total. The van der Waals surface area contributed by atoms with Crippen molar-refractivity contribution in [2.24, 2.45) is 7.05 Å².